The summed E-state index contributed by atoms with van der Waals surface area (Å²) in [6.45, 7) is 6.16. The molecule has 154 valence electrons. The standard InChI is InChI=1S/C27H29ClN2/c1-20(16-17-22-10-4-3-5-11-22)29-18-25-21(2)30(27-15-9-7-13-24(25)27)19-23-12-6-8-14-26(23)28/h3-15,20,29H,16-19H2,1-2H3/t20-/m0/s1. The highest BCUT2D eigenvalue weighted by molar-refractivity contribution is 6.31. The summed E-state index contributed by atoms with van der Waals surface area (Å²) in [4.78, 5) is 0. The van der Waals surface area contributed by atoms with Gasteiger partial charge in [0.1, 0.15) is 0 Å². The van der Waals surface area contributed by atoms with Crippen molar-refractivity contribution in [2.75, 3.05) is 0 Å². The molecule has 0 aliphatic carbocycles. The summed E-state index contributed by atoms with van der Waals surface area (Å²) < 4.78 is 2.39. The molecule has 4 aromatic rings. The van der Waals surface area contributed by atoms with E-state index in [1.165, 1.54) is 27.7 Å². The minimum Gasteiger partial charge on any atom is -0.340 e. The van der Waals surface area contributed by atoms with Gasteiger partial charge in [0.25, 0.3) is 0 Å². The predicted molar refractivity (Wildman–Crippen MR) is 128 cm³/mol. The van der Waals surface area contributed by atoms with Crippen molar-refractivity contribution < 1.29 is 0 Å². The van der Waals surface area contributed by atoms with E-state index >= 15 is 0 Å². The van der Waals surface area contributed by atoms with E-state index in [1.807, 2.05) is 12.1 Å². The third-order valence-electron chi connectivity index (χ3n) is 5.98. The van der Waals surface area contributed by atoms with Crippen LogP contribution in [0.5, 0.6) is 0 Å². The molecule has 0 spiro atoms. The first kappa shape index (κ1) is 20.7. The number of hydrogen-bond acceptors (Lipinski definition) is 1. The van der Waals surface area contributed by atoms with Crippen molar-refractivity contribution in [1.29, 1.82) is 0 Å². The molecule has 0 unspecified atom stereocenters. The number of nitrogens with one attached hydrogen (secondary N) is 1. The molecule has 4 rings (SSSR count). The number of nitrogens with zero attached hydrogens (tertiary/aromatic N) is 1. The van der Waals surface area contributed by atoms with Gasteiger partial charge in [-0.1, -0.05) is 78.3 Å². The first-order valence-electron chi connectivity index (χ1n) is 10.7. The largest absolute Gasteiger partial charge is 0.340 e. The minimum atomic E-state index is 0.454. The Kier molecular flexibility index (Phi) is 6.56. The van der Waals surface area contributed by atoms with Crippen LogP contribution in [0.3, 0.4) is 0 Å². The van der Waals surface area contributed by atoms with E-state index in [0.717, 1.165) is 36.5 Å². The molecule has 3 aromatic carbocycles. The second-order valence-corrected chi connectivity index (χ2v) is 8.47. The van der Waals surface area contributed by atoms with Gasteiger partial charge in [0.05, 0.1) is 0 Å². The fourth-order valence-corrected chi connectivity index (χ4v) is 4.33. The summed E-state index contributed by atoms with van der Waals surface area (Å²) in [5.74, 6) is 0. The van der Waals surface area contributed by atoms with Gasteiger partial charge >= 0.3 is 0 Å². The summed E-state index contributed by atoms with van der Waals surface area (Å²) in [6, 6.07) is 28.0. The molecule has 2 nitrogen and oxygen atoms in total. The Morgan fingerprint density at radius 3 is 2.40 bits per heavy atom. The average molecular weight is 417 g/mol. The van der Waals surface area contributed by atoms with Gasteiger partial charge in [-0.3, -0.25) is 0 Å². The van der Waals surface area contributed by atoms with E-state index in [2.05, 4.69) is 90.5 Å². The number of halogens is 1. The maximum Gasteiger partial charge on any atom is 0.0493 e. The van der Waals surface area contributed by atoms with Crippen LogP contribution in [-0.4, -0.2) is 10.6 Å². The van der Waals surface area contributed by atoms with Gasteiger partial charge in [0, 0.05) is 40.8 Å². The molecule has 0 radical (unpaired) electrons. The topological polar surface area (TPSA) is 17.0 Å². The fraction of sp³-hybridized carbons (Fsp3) is 0.259. The van der Waals surface area contributed by atoms with Crippen molar-refractivity contribution >= 4 is 22.5 Å². The van der Waals surface area contributed by atoms with Crippen LogP contribution < -0.4 is 5.32 Å². The Hall–Kier alpha value is -2.55. The Morgan fingerprint density at radius 1 is 0.900 bits per heavy atom. The van der Waals surface area contributed by atoms with Crippen molar-refractivity contribution in [2.45, 2.75) is 45.8 Å². The summed E-state index contributed by atoms with van der Waals surface area (Å²) >= 11 is 6.45. The second kappa shape index (κ2) is 9.51. The van der Waals surface area contributed by atoms with Gasteiger partial charge in [-0.05, 0) is 55.5 Å². The van der Waals surface area contributed by atoms with E-state index < -0.39 is 0 Å². The van der Waals surface area contributed by atoms with Crippen molar-refractivity contribution in [3.8, 4) is 0 Å². The highest BCUT2D eigenvalue weighted by atomic mass is 35.5. The Labute approximate surface area is 184 Å². The Morgan fingerprint density at radius 2 is 1.60 bits per heavy atom. The number of rotatable bonds is 8. The van der Waals surface area contributed by atoms with Crippen LogP contribution in [0.2, 0.25) is 5.02 Å². The van der Waals surface area contributed by atoms with Gasteiger partial charge in [-0.25, -0.2) is 0 Å². The van der Waals surface area contributed by atoms with Crippen LogP contribution in [-0.2, 0) is 19.5 Å². The van der Waals surface area contributed by atoms with Gasteiger partial charge in [0.2, 0.25) is 0 Å². The van der Waals surface area contributed by atoms with Crippen LogP contribution in [0.1, 0.15) is 35.7 Å². The van der Waals surface area contributed by atoms with E-state index in [-0.39, 0.29) is 0 Å². The molecule has 0 fully saturated rings. The maximum atomic E-state index is 6.45. The molecular formula is C27H29ClN2. The summed E-state index contributed by atoms with van der Waals surface area (Å²) in [6.07, 6.45) is 2.23. The number of aryl methyl sites for hydroxylation is 1. The summed E-state index contributed by atoms with van der Waals surface area (Å²) in [7, 11) is 0. The van der Waals surface area contributed by atoms with Gasteiger partial charge in [-0.15, -0.1) is 0 Å². The maximum absolute atomic E-state index is 6.45. The molecule has 0 bridgehead atoms. The van der Waals surface area contributed by atoms with Crippen molar-refractivity contribution in [3.05, 3.63) is 106 Å². The summed E-state index contributed by atoms with van der Waals surface area (Å²) in [5.41, 5.74) is 6.50. The highest BCUT2D eigenvalue weighted by Gasteiger charge is 2.15. The molecule has 30 heavy (non-hydrogen) atoms. The Balaban J connectivity index is 1.51. The van der Waals surface area contributed by atoms with Crippen LogP contribution in [0, 0.1) is 6.92 Å². The Bertz CT molecular complexity index is 1110. The number of benzene rings is 3. The molecule has 0 aliphatic rings. The number of fused-ring (bicyclic) bond motifs is 1. The lowest BCUT2D eigenvalue weighted by molar-refractivity contribution is 0.513. The van der Waals surface area contributed by atoms with Crippen LogP contribution >= 0.6 is 11.6 Å². The van der Waals surface area contributed by atoms with Crippen molar-refractivity contribution in [3.63, 3.8) is 0 Å². The zero-order valence-electron chi connectivity index (χ0n) is 17.7. The molecule has 1 aromatic heterocycles. The molecular weight excluding hydrogens is 388 g/mol. The molecule has 1 N–H and O–H groups in total. The van der Waals surface area contributed by atoms with Crippen molar-refractivity contribution in [2.24, 2.45) is 0 Å². The molecule has 1 atom stereocenters. The molecule has 0 saturated heterocycles. The minimum absolute atomic E-state index is 0.454. The summed E-state index contributed by atoms with van der Waals surface area (Å²) in [5, 5.41) is 5.90. The van der Waals surface area contributed by atoms with Crippen LogP contribution in [0.25, 0.3) is 10.9 Å². The lowest BCUT2D eigenvalue weighted by Gasteiger charge is -2.15. The van der Waals surface area contributed by atoms with Gasteiger partial charge in [-0.2, -0.15) is 0 Å². The second-order valence-electron chi connectivity index (χ2n) is 8.06. The zero-order chi connectivity index (χ0) is 20.9. The third-order valence-corrected chi connectivity index (χ3v) is 6.35. The highest BCUT2D eigenvalue weighted by Crippen LogP contribution is 2.28. The number of para-hydroxylation sites is 1. The SMILES string of the molecule is Cc1c(CN[C@@H](C)CCc2ccccc2)c2ccccc2n1Cc1ccccc1Cl. The third kappa shape index (κ3) is 4.61. The van der Waals surface area contributed by atoms with Gasteiger partial charge in [0.15, 0.2) is 0 Å². The average Bonchev–Trinajstić information content (AvgIpc) is 3.04. The van der Waals surface area contributed by atoms with Crippen molar-refractivity contribution in [1.82, 2.24) is 9.88 Å². The van der Waals surface area contributed by atoms with E-state index in [0.29, 0.717) is 6.04 Å². The smallest absolute Gasteiger partial charge is 0.0493 e. The molecule has 0 aliphatic heterocycles. The molecule has 0 amide bonds. The zero-order valence-corrected chi connectivity index (χ0v) is 18.5. The van der Waals surface area contributed by atoms with Crippen LogP contribution in [0.15, 0.2) is 78.9 Å². The number of aromatic nitrogens is 1. The molecule has 3 heteroatoms. The quantitative estimate of drug-likeness (QED) is 0.335. The predicted octanol–water partition coefficient (Wildman–Crippen LogP) is 6.76. The molecule has 1 heterocycles. The normalized spacial score (nSPS) is 12.4. The first-order valence-corrected chi connectivity index (χ1v) is 11.1. The van der Waals surface area contributed by atoms with E-state index in [1.54, 1.807) is 0 Å². The first-order chi connectivity index (χ1) is 14.6. The lowest BCUT2D eigenvalue weighted by atomic mass is 10.1. The lowest BCUT2D eigenvalue weighted by Crippen LogP contribution is -2.26. The molecule has 0 saturated carbocycles. The fourth-order valence-electron chi connectivity index (χ4n) is 4.13. The van der Waals surface area contributed by atoms with Gasteiger partial charge < -0.3 is 9.88 Å². The van der Waals surface area contributed by atoms with E-state index in [9.17, 15) is 0 Å². The van der Waals surface area contributed by atoms with E-state index in [4.69, 9.17) is 11.6 Å². The number of hydrogen-bond donors (Lipinski definition) is 1. The van der Waals surface area contributed by atoms with Crippen LogP contribution in [0.4, 0.5) is 0 Å². The monoisotopic (exact) mass is 416 g/mol.